The van der Waals surface area contributed by atoms with Gasteiger partial charge in [-0.15, -0.1) is 0 Å². The Labute approximate surface area is 191 Å². The molecule has 2 heterocycles. The number of aromatic nitrogens is 1. The van der Waals surface area contributed by atoms with E-state index in [-0.39, 0.29) is 24.3 Å². The van der Waals surface area contributed by atoms with Crippen LogP contribution in [-0.4, -0.2) is 35.9 Å². The van der Waals surface area contributed by atoms with E-state index in [1.54, 1.807) is 19.2 Å². The molecule has 0 amide bonds. The average Bonchev–Trinajstić information content (AvgIpc) is 3.27. The second-order valence-electron chi connectivity index (χ2n) is 9.57. The van der Waals surface area contributed by atoms with Crippen molar-refractivity contribution in [3.05, 3.63) is 59.3 Å². The highest BCUT2D eigenvalue weighted by Gasteiger charge is 2.58. The fourth-order valence-corrected chi connectivity index (χ4v) is 5.87. The molecule has 3 aromatic rings. The monoisotopic (exact) mass is 454 g/mol. The molecular weight excluding hydrogens is 426 g/mol. The summed E-state index contributed by atoms with van der Waals surface area (Å²) in [6, 6.07) is 11.5. The van der Waals surface area contributed by atoms with Gasteiger partial charge in [0.25, 0.3) is 6.47 Å². The van der Waals surface area contributed by atoms with E-state index >= 15 is 0 Å². The fourth-order valence-electron chi connectivity index (χ4n) is 5.87. The molecule has 7 heteroatoms. The minimum absolute atomic E-state index is 0.0138. The molecule has 1 aliphatic heterocycles. The minimum Gasteiger partial charge on any atom is -0.496 e. The predicted molar refractivity (Wildman–Crippen MR) is 122 cm³/mol. The molecule has 174 valence electrons. The summed E-state index contributed by atoms with van der Waals surface area (Å²) in [6.45, 7) is 3.84. The number of ether oxygens (including phenoxy) is 2. The average molecular weight is 455 g/mol. The Morgan fingerprint density at radius 2 is 1.97 bits per heavy atom. The molecule has 0 unspecified atom stereocenters. The number of hydrogen-bond donors (Lipinski definition) is 1. The van der Waals surface area contributed by atoms with E-state index in [9.17, 15) is 13.6 Å². The Balaban J connectivity index is 1.49. The number of aromatic amines is 1. The molecule has 33 heavy (non-hydrogen) atoms. The van der Waals surface area contributed by atoms with E-state index in [4.69, 9.17) is 9.47 Å². The Hall–Kier alpha value is -2.93. The molecule has 0 bridgehead atoms. The van der Waals surface area contributed by atoms with Gasteiger partial charge in [-0.1, -0.05) is 12.1 Å². The second-order valence-corrected chi connectivity index (χ2v) is 9.57. The molecule has 2 aromatic carbocycles. The number of methoxy groups -OCH3 is 1. The first-order chi connectivity index (χ1) is 15.8. The van der Waals surface area contributed by atoms with Crippen LogP contribution in [0.5, 0.6) is 11.5 Å². The number of hydrogen-bond acceptors (Lipinski definition) is 4. The number of alkyl halides is 2. The van der Waals surface area contributed by atoms with Gasteiger partial charge in [-0.25, -0.2) is 8.78 Å². The number of aryl methyl sites for hydroxylation is 1. The number of rotatable bonds is 6. The Bertz CT molecular complexity index is 1160. The maximum atomic E-state index is 13.9. The van der Waals surface area contributed by atoms with E-state index in [0.717, 1.165) is 46.3 Å². The number of carbonyl (C=O) groups excluding carboxylic acids is 1. The van der Waals surface area contributed by atoms with Crippen LogP contribution in [0, 0.1) is 12.3 Å². The van der Waals surface area contributed by atoms with Crippen LogP contribution in [0.25, 0.3) is 10.9 Å². The molecule has 2 fully saturated rings. The minimum atomic E-state index is -2.55. The van der Waals surface area contributed by atoms with Crippen LogP contribution in [0.4, 0.5) is 8.78 Å². The third kappa shape index (κ3) is 3.99. The Kier molecular flexibility index (Phi) is 5.40. The van der Waals surface area contributed by atoms with Gasteiger partial charge in [0.15, 0.2) is 0 Å². The van der Waals surface area contributed by atoms with Crippen LogP contribution in [0.15, 0.2) is 42.6 Å². The van der Waals surface area contributed by atoms with E-state index in [1.807, 2.05) is 24.4 Å². The highest BCUT2D eigenvalue weighted by molar-refractivity contribution is 5.88. The van der Waals surface area contributed by atoms with Gasteiger partial charge in [0, 0.05) is 48.1 Å². The van der Waals surface area contributed by atoms with Crippen LogP contribution in [0.1, 0.15) is 48.4 Å². The molecule has 1 atom stereocenters. The number of benzene rings is 2. The van der Waals surface area contributed by atoms with Crippen LogP contribution in [0.2, 0.25) is 0 Å². The zero-order valence-corrected chi connectivity index (χ0v) is 18.9. The summed E-state index contributed by atoms with van der Waals surface area (Å²) in [5.41, 5.74) is 4.03. The first-order valence-corrected chi connectivity index (χ1v) is 11.3. The summed E-state index contributed by atoms with van der Waals surface area (Å²) < 4.78 is 38.4. The van der Waals surface area contributed by atoms with Gasteiger partial charge in [0.05, 0.1) is 7.11 Å². The molecule has 5 nitrogen and oxygen atoms in total. The summed E-state index contributed by atoms with van der Waals surface area (Å²) in [6.07, 6.45) is 3.31. The number of likely N-dealkylation sites (tertiary alicyclic amines) is 1. The summed E-state index contributed by atoms with van der Waals surface area (Å²) >= 11 is 0. The molecule has 5 rings (SSSR count). The van der Waals surface area contributed by atoms with Gasteiger partial charge in [-0.05, 0) is 67.1 Å². The summed E-state index contributed by atoms with van der Waals surface area (Å²) in [7, 11) is 1.68. The third-order valence-corrected chi connectivity index (χ3v) is 7.41. The summed E-state index contributed by atoms with van der Waals surface area (Å²) in [5.74, 6) is -1.25. The number of piperidine rings is 1. The number of fused-ring (bicyclic) bond motifs is 1. The van der Waals surface area contributed by atoms with Crippen molar-refractivity contribution >= 4 is 17.4 Å². The first-order valence-electron chi connectivity index (χ1n) is 11.3. The SMILES string of the molecule is COc1cc(C)c2[nH]ccc2c1CN1CCC2(C[C@H]1c1ccc(OC=O)cc1)CC(F)(F)C2. The lowest BCUT2D eigenvalue weighted by molar-refractivity contribution is -0.186. The van der Waals surface area contributed by atoms with Crippen LogP contribution < -0.4 is 9.47 Å². The molecule has 1 N–H and O–H groups in total. The second kappa shape index (κ2) is 8.13. The molecule has 2 aliphatic rings. The zero-order chi connectivity index (χ0) is 23.2. The molecule has 0 radical (unpaired) electrons. The summed E-state index contributed by atoms with van der Waals surface area (Å²) in [5, 5.41) is 1.12. The predicted octanol–water partition coefficient (Wildman–Crippen LogP) is 5.77. The van der Waals surface area contributed by atoms with Crippen LogP contribution in [-0.2, 0) is 11.3 Å². The zero-order valence-electron chi connectivity index (χ0n) is 18.9. The van der Waals surface area contributed by atoms with Crippen molar-refractivity contribution in [3.63, 3.8) is 0 Å². The van der Waals surface area contributed by atoms with E-state index < -0.39 is 5.92 Å². The topological polar surface area (TPSA) is 54.6 Å². The van der Waals surface area contributed by atoms with Crippen molar-refractivity contribution in [2.75, 3.05) is 13.7 Å². The van der Waals surface area contributed by atoms with Crippen LogP contribution >= 0.6 is 0 Å². The van der Waals surface area contributed by atoms with Crippen molar-refractivity contribution in [3.8, 4) is 11.5 Å². The van der Waals surface area contributed by atoms with Gasteiger partial charge in [-0.3, -0.25) is 9.69 Å². The molecule has 1 aliphatic carbocycles. The van der Waals surface area contributed by atoms with Gasteiger partial charge >= 0.3 is 0 Å². The third-order valence-electron chi connectivity index (χ3n) is 7.41. The largest absolute Gasteiger partial charge is 0.496 e. The van der Waals surface area contributed by atoms with Crippen molar-refractivity contribution in [2.24, 2.45) is 5.41 Å². The van der Waals surface area contributed by atoms with Crippen molar-refractivity contribution < 1.29 is 23.0 Å². The van der Waals surface area contributed by atoms with Gasteiger partial charge in [-0.2, -0.15) is 0 Å². The smallest absolute Gasteiger partial charge is 0.298 e. The maximum Gasteiger partial charge on any atom is 0.298 e. The first kappa shape index (κ1) is 21.9. The molecular formula is C26H28F2N2O3. The molecule has 1 aromatic heterocycles. The number of H-pyrrole nitrogens is 1. The van der Waals surface area contributed by atoms with Crippen LogP contribution in [0.3, 0.4) is 0 Å². The maximum absolute atomic E-state index is 13.9. The molecule has 1 saturated heterocycles. The lowest BCUT2D eigenvalue weighted by atomic mass is 9.59. The Morgan fingerprint density at radius 3 is 2.64 bits per heavy atom. The highest BCUT2D eigenvalue weighted by atomic mass is 19.3. The Morgan fingerprint density at radius 1 is 1.21 bits per heavy atom. The van der Waals surface area contributed by atoms with Gasteiger partial charge in [0.2, 0.25) is 5.92 Å². The van der Waals surface area contributed by atoms with Gasteiger partial charge in [0.1, 0.15) is 11.5 Å². The molecule has 1 spiro atoms. The lowest BCUT2D eigenvalue weighted by Crippen LogP contribution is -2.53. The number of nitrogens with one attached hydrogen (secondary N) is 1. The van der Waals surface area contributed by atoms with Crippen molar-refractivity contribution in [1.29, 1.82) is 0 Å². The van der Waals surface area contributed by atoms with E-state index in [2.05, 4.69) is 22.9 Å². The standard InChI is InChI=1S/C26H28F2N2O3/c1-17-11-23(32-2)21(20-7-9-29-24(17)20)13-30-10-8-25(14-26(27,28)15-25)12-22(30)18-3-5-19(6-4-18)33-16-31/h3-7,9,11,16,22,29H,8,10,12-15H2,1-2H3/t22-/m0/s1. The van der Waals surface area contributed by atoms with E-state index in [1.165, 1.54) is 0 Å². The number of nitrogens with zero attached hydrogens (tertiary/aromatic N) is 1. The summed E-state index contributed by atoms with van der Waals surface area (Å²) in [4.78, 5) is 16.4. The fraction of sp³-hybridized carbons (Fsp3) is 0.423. The number of carbonyl (C=O) groups is 1. The highest BCUT2D eigenvalue weighted by Crippen LogP contribution is 2.60. The van der Waals surface area contributed by atoms with Gasteiger partial charge < -0.3 is 14.5 Å². The number of halogens is 2. The van der Waals surface area contributed by atoms with Crippen molar-refractivity contribution in [2.45, 2.75) is 51.1 Å². The molecule has 1 saturated carbocycles. The van der Waals surface area contributed by atoms with E-state index in [0.29, 0.717) is 25.2 Å². The van der Waals surface area contributed by atoms with Crippen molar-refractivity contribution in [1.82, 2.24) is 9.88 Å². The quantitative estimate of drug-likeness (QED) is 0.480. The lowest BCUT2D eigenvalue weighted by Gasteiger charge is -2.54. The normalized spacial score (nSPS) is 21.6.